The molecule has 2 saturated carbocycles. The van der Waals surface area contributed by atoms with Crippen molar-refractivity contribution in [1.29, 1.82) is 0 Å². The van der Waals surface area contributed by atoms with Gasteiger partial charge in [-0.3, -0.25) is 19.3 Å². The van der Waals surface area contributed by atoms with Gasteiger partial charge in [0.05, 0.1) is 17.5 Å². The summed E-state index contributed by atoms with van der Waals surface area (Å²) < 4.78 is 5.42. The first-order valence-electron chi connectivity index (χ1n) is 11.8. The summed E-state index contributed by atoms with van der Waals surface area (Å²) in [4.78, 5) is 39.2. The molecule has 5 heteroatoms. The Labute approximate surface area is 179 Å². The molecule has 0 unspecified atom stereocenters. The summed E-state index contributed by atoms with van der Waals surface area (Å²) in [6, 6.07) is 6.80. The summed E-state index contributed by atoms with van der Waals surface area (Å²) in [5, 5.41) is 0. The summed E-state index contributed by atoms with van der Waals surface area (Å²) in [5.74, 6) is 0.691. The standard InChI is InChI=1S/C25H33NO4/c1-2-3-4-5-6-7-8-9-21(27)30-20-14-12-19(13-15-20)26-24(28)22-17-10-11-18(16-17)23(22)25(26)29/h12-15,17-18,22-23H,2-11,16H2,1H3/t17-,18-,22-,23+/m0/s1. The number of carbonyl (C=O) groups is 3. The minimum atomic E-state index is -0.226. The molecule has 162 valence electrons. The second-order valence-corrected chi connectivity index (χ2v) is 9.24. The average Bonchev–Trinajstić information content (AvgIpc) is 3.42. The van der Waals surface area contributed by atoms with Gasteiger partial charge in [-0.1, -0.05) is 45.4 Å². The molecule has 2 amide bonds. The van der Waals surface area contributed by atoms with Crippen molar-refractivity contribution in [3.63, 3.8) is 0 Å². The largest absolute Gasteiger partial charge is 0.427 e. The molecule has 5 nitrogen and oxygen atoms in total. The van der Waals surface area contributed by atoms with E-state index in [0.29, 0.717) is 29.7 Å². The molecule has 0 N–H and O–H groups in total. The van der Waals surface area contributed by atoms with E-state index in [-0.39, 0.29) is 29.6 Å². The number of hydrogen-bond acceptors (Lipinski definition) is 4. The lowest BCUT2D eigenvalue weighted by atomic mass is 9.81. The summed E-state index contributed by atoms with van der Waals surface area (Å²) >= 11 is 0. The number of anilines is 1. The van der Waals surface area contributed by atoms with Crippen molar-refractivity contribution >= 4 is 23.5 Å². The zero-order valence-corrected chi connectivity index (χ0v) is 18.0. The molecule has 4 atom stereocenters. The number of amides is 2. The third kappa shape index (κ3) is 4.17. The molecule has 2 aliphatic carbocycles. The van der Waals surface area contributed by atoms with Crippen LogP contribution in [-0.4, -0.2) is 17.8 Å². The first-order chi connectivity index (χ1) is 14.6. The number of nitrogens with zero attached hydrogens (tertiary/aromatic N) is 1. The maximum atomic E-state index is 12.9. The molecule has 1 aromatic carbocycles. The monoisotopic (exact) mass is 411 g/mol. The van der Waals surface area contributed by atoms with Gasteiger partial charge in [0.2, 0.25) is 11.8 Å². The van der Waals surface area contributed by atoms with Gasteiger partial charge in [-0.15, -0.1) is 0 Å². The van der Waals surface area contributed by atoms with Crippen molar-refractivity contribution in [3.05, 3.63) is 24.3 Å². The number of imide groups is 1. The van der Waals surface area contributed by atoms with Crippen LogP contribution < -0.4 is 9.64 Å². The number of carbonyl (C=O) groups excluding carboxylic acids is 3. The third-order valence-electron chi connectivity index (χ3n) is 7.24. The fourth-order valence-corrected chi connectivity index (χ4v) is 5.74. The Hall–Kier alpha value is -2.17. The van der Waals surface area contributed by atoms with Crippen molar-refractivity contribution in [3.8, 4) is 5.75 Å². The third-order valence-corrected chi connectivity index (χ3v) is 7.24. The van der Waals surface area contributed by atoms with Crippen LogP contribution in [0.2, 0.25) is 0 Å². The van der Waals surface area contributed by atoms with Gasteiger partial charge in [0, 0.05) is 6.42 Å². The molecule has 30 heavy (non-hydrogen) atoms. The van der Waals surface area contributed by atoms with E-state index in [9.17, 15) is 14.4 Å². The predicted molar refractivity (Wildman–Crippen MR) is 115 cm³/mol. The average molecular weight is 412 g/mol. The van der Waals surface area contributed by atoms with Gasteiger partial charge >= 0.3 is 5.97 Å². The summed E-state index contributed by atoms with van der Waals surface area (Å²) in [6.07, 6.45) is 11.7. The van der Waals surface area contributed by atoms with Crippen LogP contribution in [0.5, 0.6) is 5.75 Å². The van der Waals surface area contributed by atoms with Crippen LogP contribution >= 0.6 is 0 Å². The van der Waals surface area contributed by atoms with Crippen LogP contribution in [0, 0.1) is 23.7 Å². The van der Waals surface area contributed by atoms with Gasteiger partial charge in [0.15, 0.2) is 0 Å². The molecule has 0 spiro atoms. The van der Waals surface area contributed by atoms with Crippen LogP contribution in [0.4, 0.5) is 5.69 Å². The van der Waals surface area contributed by atoms with E-state index in [1.165, 1.54) is 37.0 Å². The second kappa shape index (κ2) is 9.32. The van der Waals surface area contributed by atoms with E-state index in [1.807, 2.05) is 0 Å². The Morgan fingerprint density at radius 3 is 2.07 bits per heavy atom. The van der Waals surface area contributed by atoms with E-state index in [4.69, 9.17) is 4.74 Å². The highest BCUT2D eigenvalue weighted by Gasteiger charge is 2.61. The summed E-state index contributed by atoms with van der Waals surface area (Å²) in [7, 11) is 0. The van der Waals surface area contributed by atoms with E-state index in [2.05, 4.69) is 6.92 Å². The Balaban J connectivity index is 1.26. The van der Waals surface area contributed by atoms with Crippen molar-refractivity contribution in [2.24, 2.45) is 23.7 Å². The van der Waals surface area contributed by atoms with Crippen molar-refractivity contribution in [2.75, 3.05) is 4.90 Å². The number of benzene rings is 1. The Kier molecular flexibility index (Phi) is 6.55. The number of hydrogen-bond donors (Lipinski definition) is 0. The first kappa shape index (κ1) is 21.1. The van der Waals surface area contributed by atoms with Crippen LogP contribution in [-0.2, 0) is 14.4 Å². The SMILES string of the molecule is CCCCCCCCCC(=O)Oc1ccc(N2C(=O)[C@@H]3[C@H]4CC[C@@H](C4)[C@@H]3C2=O)cc1. The second-order valence-electron chi connectivity index (χ2n) is 9.24. The van der Waals surface area contributed by atoms with Crippen molar-refractivity contribution < 1.29 is 19.1 Å². The highest BCUT2D eigenvalue weighted by molar-refractivity contribution is 6.22. The summed E-state index contributed by atoms with van der Waals surface area (Å²) in [5.41, 5.74) is 0.589. The highest BCUT2D eigenvalue weighted by atomic mass is 16.5. The number of esters is 1. The normalized spacial score (nSPS) is 27.0. The van der Waals surface area contributed by atoms with Gasteiger partial charge < -0.3 is 4.74 Å². The molecule has 1 aromatic rings. The first-order valence-corrected chi connectivity index (χ1v) is 11.8. The molecule has 1 saturated heterocycles. The van der Waals surface area contributed by atoms with Gasteiger partial charge in [-0.25, -0.2) is 0 Å². The number of rotatable bonds is 10. The number of ether oxygens (including phenoxy) is 1. The van der Waals surface area contributed by atoms with E-state index in [1.54, 1.807) is 24.3 Å². The lowest BCUT2D eigenvalue weighted by molar-refractivity contribution is -0.134. The van der Waals surface area contributed by atoms with Gasteiger partial charge in [0.25, 0.3) is 0 Å². The van der Waals surface area contributed by atoms with Crippen LogP contribution in [0.3, 0.4) is 0 Å². The Morgan fingerprint density at radius 1 is 0.900 bits per heavy atom. The Bertz CT molecular complexity index is 759. The fourth-order valence-electron chi connectivity index (χ4n) is 5.74. The van der Waals surface area contributed by atoms with Crippen LogP contribution in [0.1, 0.15) is 77.6 Å². The van der Waals surface area contributed by atoms with Crippen LogP contribution in [0.15, 0.2) is 24.3 Å². The lowest BCUT2D eigenvalue weighted by Crippen LogP contribution is -2.32. The Morgan fingerprint density at radius 2 is 1.47 bits per heavy atom. The predicted octanol–water partition coefficient (Wildman–Crippen LogP) is 5.27. The lowest BCUT2D eigenvalue weighted by Gasteiger charge is -2.19. The van der Waals surface area contributed by atoms with Gasteiger partial charge in [0.1, 0.15) is 5.75 Å². The van der Waals surface area contributed by atoms with Crippen molar-refractivity contribution in [1.82, 2.24) is 0 Å². The molecular weight excluding hydrogens is 378 g/mol. The zero-order valence-electron chi connectivity index (χ0n) is 18.0. The zero-order chi connectivity index (χ0) is 21.1. The van der Waals surface area contributed by atoms with E-state index < -0.39 is 0 Å². The number of unbranched alkanes of at least 4 members (excludes halogenated alkanes) is 6. The van der Waals surface area contributed by atoms with Gasteiger partial charge in [-0.2, -0.15) is 0 Å². The van der Waals surface area contributed by atoms with E-state index in [0.717, 1.165) is 32.1 Å². The summed E-state index contributed by atoms with van der Waals surface area (Å²) in [6.45, 7) is 2.21. The highest BCUT2D eigenvalue weighted by Crippen LogP contribution is 2.56. The molecule has 3 aliphatic rings. The minimum Gasteiger partial charge on any atom is -0.427 e. The molecule has 3 fully saturated rings. The maximum Gasteiger partial charge on any atom is 0.311 e. The quantitative estimate of drug-likeness (QED) is 0.228. The molecule has 1 aliphatic heterocycles. The smallest absolute Gasteiger partial charge is 0.311 e. The minimum absolute atomic E-state index is 0.0409. The molecule has 1 heterocycles. The molecule has 2 bridgehead atoms. The van der Waals surface area contributed by atoms with Crippen molar-refractivity contribution in [2.45, 2.75) is 77.6 Å². The fraction of sp³-hybridized carbons (Fsp3) is 0.640. The topological polar surface area (TPSA) is 63.7 Å². The number of fused-ring (bicyclic) bond motifs is 5. The maximum absolute atomic E-state index is 12.9. The van der Waals surface area contributed by atoms with Crippen LogP contribution in [0.25, 0.3) is 0 Å². The van der Waals surface area contributed by atoms with Gasteiger partial charge in [-0.05, 0) is 61.8 Å². The molecule has 0 aromatic heterocycles. The molecular formula is C25H33NO4. The van der Waals surface area contributed by atoms with E-state index >= 15 is 0 Å². The molecule has 0 radical (unpaired) electrons. The molecule has 4 rings (SSSR count).